The SMILES string of the molecule is CCCSC(C)CNCCCOCC. The van der Waals surface area contributed by atoms with Gasteiger partial charge >= 0.3 is 0 Å². The van der Waals surface area contributed by atoms with Crippen molar-refractivity contribution >= 4 is 11.8 Å². The van der Waals surface area contributed by atoms with Gasteiger partial charge in [-0.25, -0.2) is 0 Å². The molecule has 0 saturated heterocycles. The van der Waals surface area contributed by atoms with Gasteiger partial charge in [0.1, 0.15) is 0 Å². The molecule has 0 spiro atoms. The van der Waals surface area contributed by atoms with E-state index in [-0.39, 0.29) is 0 Å². The van der Waals surface area contributed by atoms with Crippen LogP contribution >= 0.6 is 11.8 Å². The number of nitrogens with one attached hydrogen (secondary N) is 1. The summed E-state index contributed by atoms with van der Waals surface area (Å²) in [6.45, 7) is 10.5. The number of ether oxygens (including phenoxy) is 1. The lowest BCUT2D eigenvalue weighted by molar-refractivity contribution is 0.145. The highest BCUT2D eigenvalue weighted by atomic mass is 32.2. The maximum Gasteiger partial charge on any atom is 0.0477 e. The second kappa shape index (κ2) is 11.3. The van der Waals surface area contributed by atoms with E-state index >= 15 is 0 Å². The van der Waals surface area contributed by atoms with Crippen molar-refractivity contribution in [2.24, 2.45) is 0 Å². The maximum absolute atomic E-state index is 5.26. The van der Waals surface area contributed by atoms with Gasteiger partial charge in [-0.05, 0) is 32.1 Å². The lowest BCUT2D eigenvalue weighted by Gasteiger charge is -2.11. The first-order valence-electron chi connectivity index (χ1n) is 5.71. The molecule has 14 heavy (non-hydrogen) atoms. The van der Waals surface area contributed by atoms with Crippen molar-refractivity contribution in [2.45, 2.75) is 38.9 Å². The fourth-order valence-corrected chi connectivity index (χ4v) is 2.00. The third kappa shape index (κ3) is 10.4. The Morgan fingerprint density at radius 3 is 2.79 bits per heavy atom. The van der Waals surface area contributed by atoms with Crippen LogP contribution in [0.5, 0.6) is 0 Å². The van der Waals surface area contributed by atoms with E-state index in [2.05, 4.69) is 30.9 Å². The summed E-state index contributed by atoms with van der Waals surface area (Å²) in [4.78, 5) is 0. The van der Waals surface area contributed by atoms with Crippen molar-refractivity contribution in [3.63, 3.8) is 0 Å². The molecule has 0 aliphatic carbocycles. The van der Waals surface area contributed by atoms with Crippen LogP contribution in [0.1, 0.15) is 33.6 Å². The van der Waals surface area contributed by atoms with Gasteiger partial charge in [-0.15, -0.1) is 0 Å². The van der Waals surface area contributed by atoms with Gasteiger partial charge in [-0.3, -0.25) is 0 Å². The Morgan fingerprint density at radius 2 is 2.14 bits per heavy atom. The molecule has 0 aromatic carbocycles. The number of rotatable bonds is 10. The second-order valence-corrected chi connectivity index (χ2v) is 4.98. The average Bonchev–Trinajstić information content (AvgIpc) is 2.20. The first kappa shape index (κ1) is 14.3. The Balaban J connectivity index is 3.02. The predicted molar refractivity (Wildman–Crippen MR) is 66.2 cm³/mol. The van der Waals surface area contributed by atoms with Crippen molar-refractivity contribution in [2.75, 3.05) is 32.1 Å². The summed E-state index contributed by atoms with van der Waals surface area (Å²) in [5.74, 6) is 1.28. The molecule has 0 fully saturated rings. The number of thioether (sulfide) groups is 1. The van der Waals surface area contributed by atoms with E-state index in [4.69, 9.17) is 4.74 Å². The van der Waals surface area contributed by atoms with E-state index in [9.17, 15) is 0 Å². The van der Waals surface area contributed by atoms with Crippen molar-refractivity contribution in [3.8, 4) is 0 Å². The zero-order valence-corrected chi connectivity index (χ0v) is 10.7. The molecule has 0 aliphatic rings. The van der Waals surface area contributed by atoms with Crippen molar-refractivity contribution < 1.29 is 4.74 Å². The van der Waals surface area contributed by atoms with E-state index in [1.54, 1.807) is 0 Å². The summed E-state index contributed by atoms with van der Waals surface area (Å²) in [7, 11) is 0. The van der Waals surface area contributed by atoms with Gasteiger partial charge in [0.15, 0.2) is 0 Å². The smallest absolute Gasteiger partial charge is 0.0477 e. The van der Waals surface area contributed by atoms with E-state index in [0.29, 0.717) is 0 Å². The Kier molecular flexibility index (Phi) is 11.6. The molecular weight excluding hydrogens is 194 g/mol. The molecule has 0 aromatic heterocycles. The minimum atomic E-state index is 0.738. The highest BCUT2D eigenvalue weighted by molar-refractivity contribution is 7.99. The van der Waals surface area contributed by atoms with Crippen LogP contribution in [-0.2, 0) is 4.74 Å². The minimum Gasteiger partial charge on any atom is -0.382 e. The summed E-state index contributed by atoms with van der Waals surface area (Å²) in [6, 6.07) is 0. The summed E-state index contributed by atoms with van der Waals surface area (Å²) in [5, 5.41) is 4.19. The van der Waals surface area contributed by atoms with Crippen LogP contribution in [0.15, 0.2) is 0 Å². The van der Waals surface area contributed by atoms with E-state index in [1.165, 1.54) is 12.2 Å². The van der Waals surface area contributed by atoms with Crippen LogP contribution in [0, 0.1) is 0 Å². The van der Waals surface area contributed by atoms with Gasteiger partial charge < -0.3 is 10.1 Å². The van der Waals surface area contributed by atoms with Gasteiger partial charge in [0.2, 0.25) is 0 Å². The molecule has 0 aromatic rings. The van der Waals surface area contributed by atoms with Crippen molar-refractivity contribution in [1.82, 2.24) is 5.32 Å². The first-order chi connectivity index (χ1) is 6.81. The highest BCUT2D eigenvalue weighted by Crippen LogP contribution is 2.09. The molecule has 1 atom stereocenters. The standard InChI is InChI=1S/C11H25NOS/c1-4-9-14-11(3)10-12-7-6-8-13-5-2/h11-12H,4-10H2,1-3H3. The minimum absolute atomic E-state index is 0.738. The molecule has 86 valence electrons. The monoisotopic (exact) mass is 219 g/mol. The fraction of sp³-hybridized carbons (Fsp3) is 1.00. The molecule has 0 bridgehead atoms. The zero-order valence-electron chi connectivity index (χ0n) is 9.84. The summed E-state index contributed by atoms with van der Waals surface area (Å²) < 4.78 is 5.26. The lowest BCUT2D eigenvalue weighted by Crippen LogP contribution is -2.24. The average molecular weight is 219 g/mol. The van der Waals surface area contributed by atoms with E-state index < -0.39 is 0 Å². The lowest BCUT2D eigenvalue weighted by atomic mass is 10.4. The molecule has 0 saturated carbocycles. The summed E-state index contributed by atoms with van der Waals surface area (Å²) in [5.41, 5.74) is 0. The van der Waals surface area contributed by atoms with Crippen molar-refractivity contribution in [3.05, 3.63) is 0 Å². The third-order valence-corrected chi connectivity index (χ3v) is 3.26. The van der Waals surface area contributed by atoms with Gasteiger partial charge in [-0.1, -0.05) is 13.8 Å². The van der Waals surface area contributed by atoms with Crippen LogP contribution < -0.4 is 5.32 Å². The normalized spacial score (nSPS) is 13.1. The van der Waals surface area contributed by atoms with Gasteiger partial charge in [0, 0.05) is 25.0 Å². The Labute approximate surface area is 93.2 Å². The first-order valence-corrected chi connectivity index (χ1v) is 6.76. The quantitative estimate of drug-likeness (QED) is 0.571. The van der Waals surface area contributed by atoms with Crippen LogP contribution in [0.2, 0.25) is 0 Å². The number of hydrogen-bond donors (Lipinski definition) is 1. The summed E-state index contributed by atoms with van der Waals surface area (Å²) >= 11 is 2.05. The van der Waals surface area contributed by atoms with Crippen LogP contribution in [-0.4, -0.2) is 37.3 Å². The Morgan fingerprint density at radius 1 is 1.36 bits per heavy atom. The predicted octanol–water partition coefficient (Wildman–Crippen LogP) is 2.53. The third-order valence-electron chi connectivity index (χ3n) is 1.88. The topological polar surface area (TPSA) is 21.3 Å². The van der Waals surface area contributed by atoms with Gasteiger partial charge in [-0.2, -0.15) is 11.8 Å². The Hall–Kier alpha value is 0.270. The largest absolute Gasteiger partial charge is 0.382 e. The molecule has 0 aliphatic heterocycles. The molecule has 1 N–H and O–H groups in total. The highest BCUT2D eigenvalue weighted by Gasteiger charge is 1.99. The summed E-state index contributed by atoms with van der Waals surface area (Å²) in [6.07, 6.45) is 2.40. The second-order valence-electron chi connectivity index (χ2n) is 3.44. The fourth-order valence-electron chi connectivity index (χ4n) is 1.13. The van der Waals surface area contributed by atoms with Gasteiger partial charge in [0.25, 0.3) is 0 Å². The van der Waals surface area contributed by atoms with Crippen LogP contribution in [0.4, 0.5) is 0 Å². The molecule has 0 amide bonds. The van der Waals surface area contributed by atoms with E-state index in [0.717, 1.165) is 38.0 Å². The van der Waals surface area contributed by atoms with Crippen LogP contribution in [0.25, 0.3) is 0 Å². The van der Waals surface area contributed by atoms with Crippen molar-refractivity contribution in [1.29, 1.82) is 0 Å². The molecule has 0 heterocycles. The van der Waals surface area contributed by atoms with Crippen LogP contribution in [0.3, 0.4) is 0 Å². The molecule has 1 unspecified atom stereocenters. The zero-order chi connectivity index (χ0) is 10.6. The molecule has 0 rings (SSSR count). The molecule has 3 heteroatoms. The van der Waals surface area contributed by atoms with Gasteiger partial charge in [0.05, 0.1) is 0 Å². The molecule has 2 nitrogen and oxygen atoms in total. The number of hydrogen-bond acceptors (Lipinski definition) is 3. The maximum atomic E-state index is 5.26. The van der Waals surface area contributed by atoms with E-state index in [1.807, 2.05) is 6.92 Å². The molecular formula is C11H25NOS. The Bertz CT molecular complexity index is 111. The molecule has 0 radical (unpaired) electrons.